The standard InChI is InChI=1S/C6H9N3O/c1-5(4-7)6(10)8-9(2)3/h1H2,2-3H3,(H,8,10). The molecule has 0 aromatic heterocycles. The fourth-order valence-electron chi connectivity index (χ4n) is 0.321. The molecule has 0 bridgehead atoms. The number of hydrogen-bond donors (Lipinski definition) is 1. The van der Waals surface area contributed by atoms with E-state index in [1.54, 1.807) is 20.2 Å². The van der Waals surface area contributed by atoms with Gasteiger partial charge in [-0.2, -0.15) is 5.26 Å². The molecule has 0 radical (unpaired) electrons. The Kier molecular flexibility index (Phi) is 3.15. The number of hydrogen-bond acceptors (Lipinski definition) is 3. The number of nitrogens with one attached hydrogen (secondary N) is 1. The van der Waals surface area contributed by atoms with Crippen LogP contribution in [0.2, 0.25) is 0 Å². The minimum absolute atomic E-state index is 0.0892. The topological polar surface area (TPSA) is 56.1 Å². The molecule has 0 aliphatic carbocycles. The van der Waals surface area contributed by atoms with Gasteiger partial charge in [-0.1, -0.05) is 6.58 Å². The van der Waals surface area contributed by atoms with E-state index in [-0.39, 0.29) is 5.57 Å². The Hall–Kier alpha value is -1.34. The van der Waals surface area contributed by atoms with Crippen molar-refractivity contribution in [1.29, 1.82) is 5.26 Å². The van der Waals surface area contributed by atoms with Crippen LogP contribution < -0.4 is 5.43 Å². The van der Waals surface area contributed by atoms with Crippen LogP contribution in [-0.4, -0.2) is 25.0 Å². The van der Waals surface area contributed by atoms with Gasteiger partial charge in [0.25, 0.3) is 5.91 Å². The van der Waals surface area contributed by atoms with Crippen molar-refractivity contribution in [3.05, 3.63) is 12.2 Å². The predicted molar refractivity (Wildman–Crippen MR) is 36.6 cm³/mol. The molecule has 0 fully saturated rings. The Balaban J connectivity index is 3.89. The van der Waals surface area contributed by atoms with Crippen LogP contribution in [0.3, 0.4) is 0 Å². The normalized spacial score (nSPS) is 8.60. The van der Waals surface area contributed by atoms with Crippen LogP contribution in [0.1, 0.15) is 0 Å². The number of carbonyl (C=O) groups is 1. The van der Waals surface area contributed by atoms with E-state index in [4.69, 9.17) is 5.26 Å². The highest BCUT2D eigenvalue weighted by atomic mass is 16.2. The lowest BCUT2D eigenvalue weighted by Crippen LogP contribution is -2.36. The van der Waals surface area contributed by atoms with Crippen LogP contribution >= 0.6 is 0 Å². The summed E-state index contributed by atoms with van der Waals surface area (Å²) >= 11 is 0. The maximum Gasteiger partial charge on any atom is 0.275 e. The molecule has 10 heavy (non-hydrogen) atoms. The molecule has 0 heterocycles. The van der Waals surface area contributed by atoms with E-state index < -0.39 is 5.91 Å². The zero-order chi connectivity index (χ0) is 8.15. The molecule has 0 aliphatic rings. The fraction of sp³-hybridized carbons (Fsp3) is 0.333. The van der Waals surface area contributed by atoms with Crippen molar-refractivity contribution < 1.29 is 4.79 Å². The molecule has 0 saturated carbocycles. The first-order chi connectivity index (χ1) is 4.57. The van der Waals surface area contributed by atoms with Gasteiger partial charge >= 0.3 is 0 Å². The molecule has 0 spiro atoms. The molecule has 0 aromatic rings. The molecule has 4 heteroatoms. The van der Waals surface area contributed by atoms with Crippen molar-refractivity contribution in [2.24, 2.45) is 0 Å². The molecule has 1 N–H and O–H groups in total. The van der Waals surface area contributed by atoms with Crippen LogP contribution in [0.15, 0.2) is 12.2 Å². The summed E-state index contributed by atoms with van der Waals surface area (Å²) < 4.78 is 0. The first-order valence-electron chi connectivity index (χ1n) is 2.65. The highest BCUT2D eigenvalue weighted by molar-refractivity contribution is 5.96. The smallest absolute Gasteiger partial charge is 0.275 e. The second-order valence-corrected chi connectivity index (χ2v) is 1.93. The summed E-state index contributed by atoms with van der Waals surface area (Å²) in [7, 11) is 3.31. The molecule has 0 aliphatic heterocycles. The van der Waals surface area contributed by atoms with Gasteiger partial charge in [-0.15, -0.1) is 0 Å². The van der Waals surface area contributed by atoms with Crippen LogP contribution in [0.25, 0.3) is 0 Å². The van der Waals surface area contributed by atoms with Gasteiger partial charge in [0.2, 0.25) is 0 Å². The van der Waals surface area contributed by atoms with Crippen molar-refractivity contribution in [1.82, 2.24) is 10.4 Å². The van der Waals surface area contributed by atoms with Crippen molar-refractivity contribution >= 4 is 5.91 Å². The van der Waals surface area contributed by atoms with Gasteiger partial charge in [0.15, 0.2) is 0 Å². The molecule has 0 rings (SSSR count). The summed E-state index contributed by atoms with van der Waals surface area (Å²) in [6.45, 7) is 3.23. The van der Waals surface area contributed by atoms with E-state index in [1.165, 1.54) is 5.01 Å². The number of hydrazine groups is 1. The van der Waals surface area contributed by atoms with Crippen molar-refractivity contribution in [2.45, 2.75) is 0 Å². The Morgan fingerprint density at radius 2 is 2.20 bits per heavy atom. The number of rotatable bonds is 2. The summed E-state index contributed by atoms with van der Waals surface area (Å²) in [5.41, 5.74) is 2.28. The quantitative estimate of drug-likeness (QED) is 0.323. The number of carbonyl (C=O) groups excluding carboxylic acids is 1. The maximum absolute atomic E-state index is 10.7. The third-order valence-corrected chi connectivity index (χ3v) is 0.734. The van der Waals surface area contributed by atoms with Gasteiger partial charge in [-0.05, 0) is 0 Å². The van der Waals surface area contributed by atoms with E-state index in [2.05, 4.69) is 12.0 Å². The number of amides is 1. The zero-order valence-corrected chi connectivity index (χ0v) is 6.01. The number of nitriles is 1. The Labute approximate surface area is 59.7 Å². The summed E-state index contributed by atoms with van der Waals surface area (Å²) in [4.78, 5) is 10.7. The van der Waals surface area contributed by atoms with Gasteiger partial charge in [0.1, 0.15) is 11.6 Å². The zero-order valence-electron chi connectivity index (χ0n) is 6.01. The third kappa shape index (κ3) is 2.84. The summed E-state index contributed by atoms with van der Waals surface area (Å²) in [5, 5.41) is 9.64. The monoisotopic (exact) mass is 139 g/mol. The Morgan fingerprint density at radius 1 is 1.70 bits per heavy atom. The first kappa shape index (κ1) is 8.66. The van der Waals surface area contributed by atoms with Crippen LogP contribution in [-0.2, 0) is 4.79 Å². The van der Waals surface area contributed by atoms with E-state index in [1.807, 2.05) is 0 Å². The van der Waals surface area contributed by atoms with E-state index in [0.29, 0.717) is 0 Å². The van der Waals surface area contributed by atoms with E-state index in [0.717, 1.165) is 0 Å². The molecule has 0 atom stereocenters. The van der Waals surface area contributed by atoms with Gasteiger partial charge in [-0.25, -0.2) is 5.01 Å². The minimum atomic E-state index is -0.465. The lowest BCUT2D eigenvalue weighted by molar-refractivity contribution is -0.120. The van der Waals surface area contributed by atoms with Gasteiger partial charge in [0, 0.05) is 14.1 Å². The number of nitrogens with zero attached hydrogens (tertiary/aromatic N) is 2. The van der Waals surface area contributed by atoms with Crippen molar-refractivity contribution in [3.63, 3.8) is 0 Å². The fourth-order valence-corrected chi connectivity index (χ4v) is 0.321. The lowest BCUT2D eigenvalue weighted by Gasteiger charge is -2.09. The molecule has 0 saturated heterocycles. The minimum Gasteiger partial charge on any atom is -0.285 e. The molecule has 0 aromatic carbocycles. The van der Waals surface area contributed by atoms with Gasteiger partial charge in [-0.3, -0.25) is 10.2 Å². The van der Waals surface area contributed by atoms with Crippen molar-refractivity contribution in [3.8, 4) is 6.07 Å². The van der Waals surface area contributed by atoms with Crippen LogP contribution in [0.4, 0.5) is 0 Å². The molecule has 4 nitrogen and oxygen atoms in total. The lowest BCUT2D eigenvalue weighted by atomic mass is 10.3. The van der Waals surface area contributed by atoms with Crippen LogP contribution in [0.5, 0.6) is 0 Å². The van der Waals surface area contributed by atoms with Crippen LogP contribution in [0, 0.1) is 11.3 Å². The Morgan fingerprint density at radius 3 is 2.50 bits per heavy atom. The summed E-state index contributed by atoms with van der Waals surface area (Å²) in [6, 6.07) is 1.64. The first-order valence-corrected chi connectivity index (χ1v) is 2.65. The molecule has 1 amide bonds. The summed E-state index contributed by atoms with van der Waals surface area (Å²) in [6.07, 6.45) is 0. The highest BCUT2D eigenvalue weighted by Gasteiger charge is 2.04. The van der Waals surface area contributed by atoms with E-state index >= 15 is 0 Å². The van der Waals surface area contributed by atoms with Gasteiger partial charge in [0.05, 0.1) is 0 Å². The highest BCUT2D eigenvalue weighted by Crippen LogP contribution is 1.84. The predicted octanol–water partition coefficient (Wildman–Crippen LogP) is -0.341. The average Bonchev–Trinajstić information content (AvgIpc) is 1.85. The molecular weight excluding hydrogens is 130 g/mol. The molecule has 54 valence electrons. The van der Waals surface area contributed by atoms with Crippen molar-refractivity contribution in [2.75, 3.05) is 14.1 Å². The maximum atomic E-state index is 10.7. The Bertz CT molecular complexity index is 190. The van der Waals surface area contributed by atoms with E-state index in [9.17, 15) is 4.79 Å². The second kappa shape index (κ2) is 3.64. The molecular formula is C6H9N3O. The third-order valence-electron chi connectivity index (χ3n) is 0.734. The average molecular weight is 139 g/mol. The molecule has 0 unspecified atom stereocenters. The SMILES string of the molecule is C=C(C#N)C(=O)NN(C)C. The second-order valence-electron chi connectivity index (χ2n) is 1.93. The largest absolute Gasteiger partial charge is 0.285 e. The summed E-state index contributed by atoms with van der Waals surface area (Å²) in [5.74, 6) is -0.465. The van der Waals surface area contributed by atoms with Gasteiger partial charge < -0.3 is 0 Å².